The second-order valence-electron chi connectivity index (χ2n) is 0.934. The van der Waals surface area contributed by atoms with Gasteiger partial charge in [-0.15, -0.1) is 0 Å². The van der Waals surface area contributed by atoms with Crippen molar-refractivity contribution in [1.82, 2.24) is 0 Å². The topological polar surface area (TPSA) is 16.6 Å². The molecule has 0 aromatic carbocycles. The number of hydrogen-bond acceptors (Lipinski definition) is 0. The first-order valence-electron chi connectivity index (χ1n) is 1.95. The summed E-state index contributed by atoms with van der Waals surface area (Å²) in [5.74, 6) is 0. The molecule has 0 spiro atoms. The van der Waals surface area contributed by atoms with Crippen molar-refractivity contribution in [3.63, 3.8) is 0 Å². The summed E-state index contributed by atoms with van der Waals surface area (Å²) in [4.78, 5) is 0. The maximum Gasteiger partial charge on any atom is 0.140 e. The van der Waals surface area contributed by atoms with E-state index in [1.807, 2.05) is 0 Å². The standard InChI is InChI=1S/C6H7N/c1-3-5-7-6-4-2/h5-7H,1-2H2/p+1. The minimum absolute atomic E-state index is 1.69. The Bertz CT molecular complexity index is 107. The van der Waals surface area contributed by atoms with Crippen molar-refractivity contribution in [1.29, 1.82) is 0 Å². The molecule has 2 N–H and O–H groups in total. The van der Waals surface area contributed by atoms with Crippen LogP contribution in [0.2, 0.25) is 0 Å². The van der Waals surface area contributed by atoms with E-state index in [9.17, 15) is 0 Å². The molecule has 0 unspecified atom stereocenters. The Morgan fingerprint density at radius 1 is 1.14 bits per heavy atom. The molecule has 0 aliphatic heterocycles. The lowest BCUT2D eigenvalue weighted by Gasteiger charge is -1.68. The Balaban J connectivity index is 3.33. The highest BCUT2D eigenvalue weighted by atomic mass is 14.8. The summed E-state index contributed by atoms with van der Waals surface area (Å²) >= 11 is 0. The van der Waals surface area contributed by atoms with Crippen LogP contribution >= 0.6 is 0 Å². The van der Waals surface area contributed by atoms with Gasteiger partial charge in [-0.05, 0) is 0 Å². The number of nitrogens with two attached hydrogens (primary N) is 1. The van der Waals surface area contributed by atoms with Gasteiger partial charge >= 0.3 is 0 Å². The molecule has 0 rings (SSSR count). The van der Waals surface area contributed by atoms with Gasteiger partial charge in [0, 0.05) is 0 Å². The Kier molecular flexibility index (Phi) is 4.29. The molecule has 0 aromatic rings. The third-order valence-electron chi connectivity index (χ3n) is 0.428. The van der Waals surface area contributed by atoms with Crippen molar-refractivity contribution in [2.24, 2.45) is 0 Å². The van der Waals surface area contributed by atoms with Crippen LogP contribution < -0.4 is 5.32 Å². The van der Waals surface area contributed by atoms with Crippen LogP contribution in [0.5, 0.6) is 0 Å². The zero-order valence-corrected chi connectivity index (χ0v) is 4.15. The predicted octanol–water partition coefficient (Wildman–Crippen LogP) is 0.147. The summed E-state index contributed by atoms with van der Waals surface area (Å²) in [6.07, 6.45) is 3.39. The predicted molar refractivity (Wildman–Crippen MR) is 29.3 cm³/mol. The van der Waals surface area contributed by atoms with Gasteiger partial charge < -0.3 is 0 Å². The van der Waals surface area contributed by atoms with Crippen molar-refractivity contribution in [3.8, 4) is 0 Å². The van der Waals surface area contributed by atoms with E-state index in [-0.39, 0.29) is 0 Å². The molecule has 0 aromatic heterocycles. The molecule has 0 saturated carbocycles. The van der Waals surface area contributed by atoms with Crippen LogP contribution in [0.15, 0.2) is 37.0 Å². The molecule has 36 valence electrons. The van der Waals surface area contributed by atoms with Gasteiger partial charge in [0.2, 0.25) is 0 Å². The molecule has 0 atom stereocenters. The van der Waals surface area contributed by atoms with Gasteiger partial charge in [-0.25, -0.2) is 0 Å². The molecular formula is C6H8N+. The van der Waals surface area contributed by atoms with Crippen molar-refractivity contribution >= 4 is 0 Å². The molecule has 0 radical (unpaired) electrons. The fourth-order valence-electron chi connectivity index (χ4n) is 0.184. The monoisotopic (exact) mass is 94.1 g/mol. The average molecular weight is 94.1 g/mol. The Hall–Kier alpha value is -1.00. The highest BCUT2D eigenvalue weighted by molar-refractivity contribution is 4.66. The van der Waals surface area contributed by atoms with Crippen molar-refractivity contribution in [3.05, 3.63) is 37.0 Å². The van der Waals surface area contributed by atoms with Crippen LogP contribution in [0.4, 0.5) is 0 Å². The van der Waals surface area contributed by atoms with Crippen LogP contribution in [0.3, 0.4) is 0 Å². The van der Waals surface area contributed by atoms with Crippen LogP contribution in [0.1, 0.15) is 0 Å². The molecule has 1 heteroatoms. The normalized spacial score (nSPS) is 5.71. The number of hydrogen-bond donors (Lipinski definition) is 1. The van der Waals surface area contributed by atoms with E-state index in [2.05, 4.69) is 24.6 Å². The molecule has 0 heterocycles. The van der Waals surface area contributed by atoms with E-state index in [1.165, 1.54) is 0 Å². The van der Waals surface area contributed by atoms with Crippen LogP contribution in [0.25, 0.3) is 0 Å². The van der Waals surface area contributed by atoms with Gasteiger partial charge in [-0.3, -0.25) is 5.32 Å². The molecule has 0 fully saturated rings. The number of rotatable bonds is 2. The van der Waals surface area contributed by atoms with Crippen molar-refractivity contribution < 1.29 is 5.32 Å². The zero-order chi connectivity index (χ0) is 5.54. The van der Waals surface area contributed by atoms with E-state index in [0.717, 1.165) is 0 Å². The maximum atomic E-state index is 3.35. The fourth-order valence-corrected chi connectivity index (χ4v) is 0.184. The lowest BCUT2D eigenvalue weighted by atomic mass is 10.8. The van der Waals surface area contributed by atoms with Crippen molar-refractivity contribution in [2.75, 3.05) is 0 Å². The second-order valence-corrected chi connectivity index (χ2v) is 0.934. The first kappa shape index (κ1) is 6.00. The summed E-state index contributed by atoms with van der Waals surface area (Å²) < 4.78 is 0. The lowest BCUT2D eigenvalue weighted by molar-refractivity contribution is -0.513. The van der Waals surface area contributed by atoms with E-state index in [4.69, 9.17) is 0 Å². The average Bonchev–Trinajstić information content (AvgIpc) is 1.69. The van der Waals surface area contributed by atoms with Gasteiger partial charge in [0.05, 0.1) is 0 Å². The summed E-state index contributed by atoms with van der Waals surface area (Å²) in [6.45, 7) is 6.70. The summed E-state index contributed by atoms with van der Waals surface area (Å²) in [6, 6.07) is 0. The minimum atomic E-state index is 1.69. The first-order chi connectivity index (χ1) is 3.41. The third kappa shape index (κ3) is 5.00. The molecule has 0 bridgehead atoms. The van der Waals surface area contributed by atoms with Crippen LogP contribution in [-0.2, 0) is 0 Å². The molecular weight excluding hydrogens is 86.1 g/mol. The van der Waals surface area contributed by atoms with E-state index in [0.29, 0.717) is 0 Å². The molecule has 0 saturated heterocycles. The number of quaternary nitrogens is 1. The highest BCUT2D eigenvalue weighted by Gasteiger charge is 1.59. The second kappa shape index (κ2) is 5.00. The van der Waals surface area contributed by atoms with Crippen LogP contribution in [-0.4, -0.2) is 0 Å². The summed E-state index contributed by atoms with van der Waals surface area (Å²) in [5.41, 5.74) is 5.15. The molecule has 7 heavy (non-hydrogen) atoms. The highest BCUT2D eigenvalue weighted by Crippen LogP contribution is 1.38. The third-order valence-corrected chi connectivity index (χ3v) is 0.428. The van der Waals surface area contributed by atoms with E-state index in [1.54, 1.807) is 17.7 Å². The Morgan fingerprint density at radius 3 is 1.86 bits per heavy atom. The largest absolute Gasteiger partial charge is 0.280 e. The van der Waals surface area contributed by atoms with Crippen molar-refractivity contribution in [2.45, 2.75) is 0 Å². The van der Waals surface area contributed by atoms with Gasteiger partial charge in [0.25, 0.3) is 0 Å². The molecule has 1 nitrogen and oxygen atoms in total. The summed E-state index contributed by atoms with van der Waals surface area (Å²) in [5, 5.41) is 1.76. The van der Waals surface area contributed by atoms with E-state index < -0.39 is 0 Å². The SMILES string of the molecule is C=C=C[NH2+]C=C=C. The van der Waals surface area contributed by atoms with Crippen LogP contribution in [0, 0.1) is 0 Å². The molecule has 0 amide bonds. The van der Waals surface area contributed by atoms with Gasteiger partial charge in [0.1, 0.15) is 12.4 Å². The van der Waals surface area contributed by atoms with E-state index >= 15 is 0 Å². The first-order valence-corrected chi connectivity index (χ1v) is 1.95. The summed E-state index contributed by atoms with van der Waals surface area (Å²) in [7, 11) is 0. The fraction of sp³-hybridized carbons (Fsp3) is 0. The molecule has 0 aliphatic rings. The van der Waals surface area contributed by atoms with Gasteiger partial charge in [-0.1, -0.05) is 24.6 Å². The zero-order valence-electron chi connectivity index (χ0n) is 4.15. The molecule has 0 aliphatic carbocycles. The van der Waals surface area contributed by atoms with Gasteiger partial charge in [0.15, 0.2) is 0 Å². The minimum Gasteiger partial charge on any atom is -0.280 e. The quantitative estimate of drug-likeness (QED) is 0.469. The Labute approximate surface area is 43.4 Å². The smallest absolute Gasteiger partial charge is 0.140 e. The lowest BCUT2D eigenvalue weighted by Crippen LogP contribution is -2.70. The van der Waals surface area contributed by atoms with Gasteiger partial charge in [-0.2, -0.15) is 0 Å². The maximum absolute atomic E-state index is 3.35. The Morgan fingerprint density at radius 2 is 1.57 bits per heavy atom.